The van der Waals surface area contributed by atoms with E-state index in [2.05, 4.69) is 5.32 Å². The Bertz CT molecular complexity index is 402. The van der Waals surface area contributed by atoms with Gasteiger partial charge >= 0.3 is 0 Å². The Morgan fingerprint density at radius 1 is 1.29 bits per heavy atom. The average Bonchev–Trinajstić information content (AvgIpc) is 2.24. The highest BCUT2D eigenvalue weighted by Gasteiger charge is 2.26. The zero-order valence-corrected chi connectivity index (χ0v) is 10.2. The van der Waals surface area contributed by atoms with Gasteiger partial charge in [0, 0.05) is 17.1 Å². The molecule has 0 saturated heterocycles. The molecule has 17 heavy (non-hydrogen) atoms. The minimum absolute atomic E-state index is 0.0261. The topological polar surface area (TPSA) is 52.5 Å². The molecule has 0 amide bonds. The molecule has 0 fully saturated rings. The summed E-state index contributed by atoms with van der Waals surface area (Å²) in [5, 5.41) is 20.7. The third-order valence-electron chi connectivity index (χ3n) is 2.04. The maximum absolute atomic E-state index is 12.7. The van der Waals surface area contributed by atoms with Crippen molar-refractivity contribution in [1.29, 1.82) is 0 Å². The molecule has 0 aromatic heterocycles. The summed E-state index contributed by atoms with van der Waals surface area (Å²) in [5.41, 5.74) is 0.316. The van der Waals surface area contributed by atoms with E-state index in [0.29, 0.717) is 10.6 Å². The van der Waals surface area contributed by atoms with Crippen LogP contribution in [0.25, 0.3) is 0 Å². The van der Waals surface area contributed by atoms with Crippen LogP contribution in [0.1, 0.15) is 5.56 Å². The number of alkyl halides is 2. The van der Waals surface area contributed by atoms with E-state index in [1.54, 1.807) is 0 Å². The van der Waals surface area contributed by atoms with Gasteiger partial charge in [-0.1, -0.05) is 23.2 Å². The van der Waals surface area contributed by atoms with Gasteiger partial charge in [-0.25, -0.2) is 8.78 Å². The first-order valence-corrected chi connectivity index (χ1v) is 5.47. The highest BCUT2D eigenvalue weighted by atomic mass is 35.5. The summed E-state index contributed by atoms with van der Waals surface area (Å²) in [5.74, 6) is -3.39. The fourth-order valence-electron chi connectivity index (χ4n) is 1.19. The van der Waals surface area contributed by atoms with E-state index in [9.17, 15) is 13.9 Å². The van der Waals surface area contributed by atoms with E-state index in [-0.39, 0.29) is 17.3 Å². The molecule has 7 heteroatoms. The van der Waals surface area contributed by atoms with Crippen LogP contribution in [0.4, 0.5) is 8.78 Å². The van der Waals surface area contributed by atoms with E-state index in [4.69, 9.17) is 28.3 Å². The van der Waals surface area contributed by atoms with Gasteiger partial charge in [-0.3, -0.25) is 0 Å². The summed E-state index contributed by atoms with van der Waals surface area (Å²) in [6.45, 7) is -1.96. The first-order chi connectivity index (χ1) is 7.85. The summed E-state index contributed by atoms with van der Waals surface area (Å²) in [6, 6.07) is 2.77. The monoisotopic (exact) mass is 285 g/mol. The lowest BCUT2D eigenvalue weighted by Gasteiger charge is -2.14. The van der Waals surface area contributed by atoms with Gasteiger partial charge in [0.1, 0.15) is 12.4 Å². The van der Waals surface area contributed by atoms with Gasteiger partial charge in [-0.15, -0.1) is 0 Å². The van der Waals surface area contributed by atoms with Crippen LogP contribution in [-0.4, -0.2) is 29.3 Å². The predicted octanol–water partition coefficient (Wildman–Crippen LogP) is 2.42. The fourth-order valence-corrected chi connectivity index (χ4v) is 1.73. The largest absolute Gasteiger partial charge is 0.506 e. The maximum Gasteiger partial charge on any atom is 0.282 e. The Morgan fingerprint density at radius 2 is 1.94 bits per heavy atom. The van der Waals surface area contributed by atoms with Crippen molar-refractivity contribution in [3.63, 3.8) is 0 Å². The lowest BCUT2D eigenvalue weighted by atomic mass is 10.2. The van der Waals surface area contributed by atoms with Crippen LogP contribution in [0.2, 0.25) is 10.0 Å². The number of aliphatic hydroxyl groups is 1. The van der Waals surface area contributed by atoms with Crippen molar-refractivity contribution in [2.75, 3.05) is 13.2 Å². The smallest absolute Gasteiger partial charge is 0.282 e. The van der Waals surface area contributed by atoms with Gasteiger partial charge in [-0.2, -0.15) is 0 Å². The second-order valence-electron chi connectivity index (χ2n) is 3.51. The normalized spacial score (nSPS) is 11.8. The van der Waals surface area contributed by atoms with Gasteiger partial charge in [0.05, 0.1) is 11.6 Å². The number of halogens is 4. The quantitative estimate of drug-likeness (QED) is 0.779. The van der Waals surface area contributed by atoms with E-state index < -0.39 is 19.1 Å². The fraction of sp³-hybridized carbons (Fsp3) is 0.400. The Hall–Kier alpha value is -0.620. The second kappa shape index (κ2) is 5.82. The van der Waals surface area contributed by atoms with Gasteiger partial charge in [-0.05, 0) is 12.1 Å². The highest BCUT2D eigenvalue weighted by molar-refractivity contribution is 6.35. The molecule has 3 nitrogen and oxygen atoms in total. The molecule has 0 heterocycles. The number of aromatic hydroxyl groups is 1. The molecular formula is C10H11Cl2F2NO2. The van der Waals surface area contributed by atoms with Crippen LogP contribution in [0.3, 0.4) is 0 Å². The van der Waals surface area contributed by atoms with Crippen molar-refractivity contribution < 1.29 is 19.0 Å². The van der Waals surface area contributed by atoms with E-state index in [1.807, 2.05) is 0 Å². The lowest BCUT2D eigenvalue weighted by molar-refractivity contribution is -0.0478. The lowest BCUT2D eigenvalue weighted by Crippen LogP contribution is -2.35. The molecular weight excluding hydrogens is 275 g/mol. The maximum atomic E-state index is 12.7. The second-order valence-corrected chi connectivity index (χ2v) is 4.36. The molecule has 1 aromatic rings. The molecule has 0 aliphatic heterocycles. The summed E-state index contributed by atoms with van der Waals surface area (Å²) in [7, 11) is 0. The van der Waals surface area contributed by atoms with E-state index in [0.717, 1.165) is 0 Å². The minimum atomic E-state index is -3.20. The van der Waals surface area contributed by atoms with E-state index in [1.165, 1.54) is 12.1 Å². The zero-order valence-electron chi connectivity index (χ0n) is 8.68. The van der Waals surface area contributed by atoms with Crippen molar-refractivity contribution in [2.45, 2.75) is 12.5 Å². The van der Waals surface area contributed by atoms with Gasteiger partial charge < -0.3 is 15.5 Å². The number of phenolic OH excluding ortho intramolecular Hbond substituents is 1. The van der Waals surface area contributed by atoms with E-state index >= 15 is 0 Å². The molecule has 0 aliphatic carbocycles. The minimum Gasteiger partial charge on any atom is -0.506 e. The van der Waals surface area contributed by atoms with Crippen molar-refractivity contribution in [3.05, 3.63) is 27.7 Å². The third kappa shape index (κ3) is 4.27. The number of aliphatic hydroxyl groups excluding tert-OH is 1. The molecule has 0 saturated carbocycles. The molecule has 0 atom stereocenters. The molecule has 0 radical (unpaired) electrons. The molecule has 1 rings (SSSR count). The van der Waals surface area contributed by atoms with Crippen LogP contribution in [-0.2, 0) is 6.54 Å². The molecule has 0 spiro atoms. The Kier molecular flexibility index (Phi) is 4.94. The summed E-state index contributed by atoms with van der Waals surface area (Å²) >= 11 is 11.4. The molecule has 0 bridgehead atoms. The Morgan fingerprint density at radius 3 is 2.53 bits per heavy atom. The van der Waals surface area contributed by atoms with Crippen molar-refractivity contribution in [3.8, 4) is 5.75 Å². The number of hydrogen-bond acceptors (Lipinski definition) is 3. The Balaban J connectivity index is 2.64. The van der Waals surface area contributed by atoms with Gasteiger partial charge in [0.25, 0.3) is 5.92 Å². The van der Waals surface area contributed by atoms with Crippen LogP contribution < -0.4 is 5.32 Å². The number of phenols is 1. The van der Waals surface area contributed by atoms with Crippen molar-refractivity contribution in [1.82, 2.24) is 5.32 Å². The molecule has 0 aliphatic rings. The molecule has 3 N–H and O–H groups in total. The van der Waals surface area contributed by atoms with Gasteiger partial charge in [0.15, 0.2) is 0 Å². The predicted molar refractivity (Wildman–Crippen MR) is 61.9 cm³/mol. The summed E-state index contributed by atoms with van der Waals surface area (Å²) < 4.78 is 25.4. The van der Waals surface area contributed by atoms with Crippen molar-refractivity contribution >= 4 is 23.2 Å². The van der Waals surface area contributed by atoms with Crippen LogP contribution in [0.5, 0.6) is 5.75 Å². The SMILES string of the molecule is OCC(F)(F)CNCc1cc(Cl)cc(Cl)c1O. The molecule has 96 valence electrons. The zero-order chi connectivity index (χ0) is 13.1. The highest BCUT2D eigenvalue weighted by Crippen LogP contribution is 2.31. The average molecular weight is 286 g/mol. The van der Waals surface area contributed by atoms with Crippen molar-refractivity contribution in [2.24, 2.45) is 0 Å². The summed E-state index contributed by atoms with van der Waals surface area (Å²) in [6.07, 6.45) is 0. The number of rotatable bonds is 5. The number of benzene rings is 1. The number of hydrogen-bond donors (Lipinski definition) is 3. The third-order valence-corrected chi connectivity index (χ3v) is 2.54. The molecule has 1 aromatic carbocycles. The summed E-state index contributed by atoms with van der Waals surface area (Å²) in [4.78, 5) is 0. The first kappa shape index (κ1) is 14.4. The first-order valence-electron chi connectivity index (χ1n) is 4.72. The van der Waals surface area contributed by atoms with Crippen LogP contribution in [0.15, 0.2) is 12.1 Å². The van der Waals surface area contributed by atoms with Crippen LogP contribution in [0, 0.1) is 0 Å². The number of nitrogens with one attached hydrogen (secondary N) is 1. The van der Waals surface area contributed by atoms with Gasteiger partial charge in [0.2, 0.25) is 0 Å². The standard InChI is InChI=1S/C10H11Cl2F2NO2/c11-7-1-6(9(17)8(12)2-7)3-15-4-10(13,14)5-16/h1-2,15-17H,3-5H2. The Labute approximate surface area is 107 Å². The van der Waals surface area contributed by atoms with Crippen LogP contribution >= 0.6 is 23.2 Å². The molecule has 0 unspecified atom stereocenters.